The van der Waals surface area contributed by atoms with Crippen LogP contribution in [0.5, 0.6) is 11.5 Å². The molecule has 2 aromatic rings. The lowest BCUT2D eigenvalue weighted by molar-refractivity contribution is -0.141. The number of amidine groups is 1. The van der Waals surface area contributed by atoms with Crippen LogP contribution in [0.1, 0.15) is 44.4 Å². The lowest BCUT2D eigenvalue weighted by Gasteiger charge is -2.37. The van der Waals surface area contributed by atoms with Crippen LogP contribution in [0.15, 0.2) is 75.9 Å². The molecule has 0 spiro atoms. The normalized spacial score (nSPS) is 16.7. The molecule has 37 heavy (non-hydrogen) atoms. The number of nitrogens with zero attached hydrogens (tertiary/aromatic N) is 2. The van der Waals surface area contributed by atoms with Gasteiger partial charge in [0, 0.05) is 17.3 Å². The number of benzene rings is 2. The van der Waals surface area contributed by atoms with Gasteiger partial charge >= 0.3 is 5.97 Å². The van der Waals surface area contributed by atoms with Crippen LogP contribution < -0.4 is 14.8 Å². The molecule has 1 amide bonds. The molecule has 9 heteroatoms. The molecule has 2 aromatic carbocycles. The number of methoxy groups -OCH3 is 2. The summed E-state index contributed by atoms with van der Waals surface area (Å²) in [5, 5.41) is 5.52. The summed E-state index contributed by atoms with van der Waals surface area (Å²) < 4.78 is 17.0. The van der Waals surface area contributed by atoms with Gasteiger partial charge in [-0.15, -0.1) is 0 Å². The summed E-state index contributed by atoms with van der Waals surface area (Å²) in [6, 6.07) is 14.3. The number of hydrogen-bond acceptors (Lipinski definition) is 8. The molecule has 2 aliphatic heterocycles. The third-order valence-corrected chi connectivity index (χ3v) is 6.84. The first kappa shape index (κ1) is 26.3. The molecule has 4 rings (SSSR count). The number of aliphatic imine (C=N–C) groups is 1. The Bertz CT molecular complexity index is 1270. The van der Waals surface area contributed by atoms with Gasteiger partial charge in [0.05, 0.1) is 38.0 Å². The van der Waals surface area contributed by atoms with E-state index in [0.717, 1.165) is 11.3 Å². The van der Waals surface area contributed by atoms with E-state index in [1.165, 1.54) is 11.8 Å². The van der Waals surface area contributed by atoms with Crippen LogP contribution >= 0.6 is 11.8 Å². The minimum absolute atomic E-state index is 0.0107. The molecule has 0 radical (unpaired) electrons. The highest BCUT2D eigenvalue weighted by Gasteiger charge is 2.42. The van der Waals surface area contributed by atoms with Gasteiger partial charge in [0.2, 0.25) is 5.91 Å². The Labute approximate surface area is 221 Å². The predicted molar refractivity (Wildman–Crippen MR) is 144 cm³/mol. The van der Waals surface area contributed by atoms with E-state index in [0.29, 0.717) is 33.5 Å². The topological polar surface area (TPSA) is 89.5 Å². The fraction of sp³-hybridized carbons (Fsp3) is 0.321. The van der Waals surface area contributed by atoms with Crippen LogP contribution in [0.3, 0.4) is 0 Å². The number of carbonyl (C=O) groups excluding carboxylic acids is 2. The number of fused-ring (bicyclic) bond motifs is 1. The maximum atomic E-state index is 13.6. The quantitative estimate of drug-likeness (QED) is 0.468. The number of carbonyl (C=O) groups is 2. The Kier molecular flexibility index (Phi) is 8.23. The molecule has 2 aliphatic rings. The highest BCUT2D eigenvalue weighted by Crippen LogP contribution is 2.47. The standard InChI is InChI=1S/C28H31N3O5S/c1-17(2)29-24(32)13-20-16-37-28-30-18(3)25(27(33)36-15-19-9-7-6-8-10-19)26(31(20)28)22-14-21(34-4)11-12-23(22)35-5/h6-12,14,16-17,26H,13,15H2,1-5H3,(H,29,32)/t26-/m1/s1. The Balaban J connectivity index is 1.76. The van der Waals surface area contributed by atoms with Crippen molar-refractivity contribution in [2.24, 2.45) is 4.99 Å². The average molecular weight is 522 g/mol. The lowest BCUT2D eigenvalue weighted by Crippen LogP contribution is -2.39. The molecule has 0 aliphatic carbocycles. The van der Waals surface area contributed by atoms with E-state index in [1.807, 2.05) is 60.6 Å². The van der Waals surface area contributed by atoms with Crippen molar-refractivity contribution in [3.8, 4) is 11.5 Å². The summed E-state index contributed by atoms with van der Waals surface area (Å²) in [5.74, 6) is 0.599. The summed E-state index contributed by atoms with van der Waals surface area (Å²) in [6.07, 6.45) is 0.137. The summed E-state index contributed by atoms with van der Waals surface area (Å²) in [4.78, 5) is 33.0. The van der Waals surface area contributed by atoms with Crippen molar-refractivity contribution in [2.75, 3.05) is 14.2 Å². The van der Waals surface area contributed by atoms with Gasteiger partial charge in [-0.05, 0) is 49.9 Å². The van der Waals surface area contributed by atoms with Gasteiger partial charge in [-0.3, -0.25) is 4.79 Å². The first-order valence-corrected chi connectivity index (χ1v) is 12.9. The van der Waals surface area contributed by atoms with Crippen molar-refractivity contribution >= 4 is 28.8 Å². The molecule has 0 fully saturated rings. The second-order valence-corrected chi connectivity index (χ2v) is 9.80. The zero-order valence-electron chi connectivity index (χ0n) is 21.6. The molecule has 0 aromatic heterocycles. The minimum Gasteiger partial charge on any atom is -0.497 e. The van der Waals surface area contributed by atoms with Crippen LogP contribution in [-0.2, 0) is 20.9 Å². The number of allylic oxidation sites excluding steroid dienone is 1. The largest absolute Gasteiger partial charge is 0.497 e. The number of nitrogens with one attached hydrogen (secondary N) is 1. The maximum Gasteiger partial charge on any atom is 0.338 e. The van der Waals surface area contributed by atoms with Crippen molar-refractivity contribution in [1.29, 1.82) is 0 Å². The van der Waals surface area contributed by atoms with E-state index in [-0.39, 0.29) is 25.0 Å². The van der Waals surface area contributed by atoms with Crippen molar-refractivity contribution in [3.63, 3.8) is 0 Å². The minimum atomic E-state index is -0.631. The molecule has 0 saturated carbocycles. The highest BCUT2D eigenvalue weighted by molar-refractivity contribution is 8.16. The SMILES string of the molecule is COc1ccc(OC)c([C@@H]2C(C(=O)OCc3ccccc3)=C(C)N=C3SC=C(CC(=O)NC(C)C)N32)c1. The smallest absolute Gasteiger partial charge is 0.338 e. The Hall–Kier alpha value is -3.72. The van der Waals surface area contributed by atoms with Crippen LogP contribution in [0.4, 0.5) is 0 Å². The van der Waals surface area contributed by atoms with Gasteiger partial charge in [-0.1, -0.05) is 42.1 Å². The predicted octanol–water partition coefficient (Wildman–Crippen LogP) is 4.94. The zero-order chi connectivity index (χ0) is 26.5. The number of amides is 1. The fourth-order valence-electron chi connectivity index (χ4n) is 4.32. The summed E-state index contributed by atoms with van der Waals surface area (Å²) in [7, 11) is 3.17. The third kappa shape index (κ3) is 5.83. The van der Waals surface area contributed by atoms with Gasteiger partial charge < -0.3 is 24.4 Å². The molecule has 0 bridgehead atoms. The third-order valence-electron chi connectivity index (χ3n) is 5.96. The van der Waals surface area contributed by atoms with E-state index >= 15 is 0 Å². The molecule has 194 valence electrons. The second kappa shape index (κ2) is 11.6. The first-order valence-electron chi connectivity index (χ1n) is 12.0. The molecular weight excluding hydrogens is 490 g/mol. The van der Waals surface area contributed by atoms with Crippen LogP contribution in [0.2, 0.25) is 0 Å². The molecule has 8 nitrogen and oxygen atoms in total. The number of rotatable bonds is 9. The van der Waals surface area contributed by atoms with Gasteiger partial charge in [-0.2, -0.15) is 0 Å². The van der Waals surface area contributed by atoms with Crippen LogP contribution in [0, 0.1) is 0 Å². The Morgan fingerprint density at radius 2 is 1.86 bits per heavy atom. The first-order chi connectivity index (χ1) is 17.8. The second-order valence-electron chi connectivity index (χ2n) is 8.96. The van der Waals surface area contributed by atoms with Gasteiger partial charge in [0.15, 0.2) is 5.17 Å². The number of ether oxygens (including phenoxy) is 3. The van der Waals surface area contributed by atoms with Crippen molar-refractivity contribution in [2.45, 2.75) is 45.9 Å². The summed E-state index contributed by atoms with van der Waals surface area (Å²) in [6.45, 7) is 5.76. The summed E-state index contributed by atoms with van der Waals surface area (Å²) in [5.41, 5.74) is 3.25. The fourth-order valence-corrected chi connectivity index (χ4v) is 5.28. The zero-order valence-corrected chi connectivity index (χ0v) is 22.4. The summed E-state index contributed by atoms with van der Waals surface area (Å²) >= 11 is 1.42. The van der Waals surface area contributed by atoms with Gasteiger partial charge in [0.25, 0.3) is 0 Å². The molecule has 0 saturated heterocycles. The number of thioether (sulfide) groups is 1. The van der Waals surface area contributed by atoms with Crippen molar-refractivity contribution in [1.82, 2.24) is 10.2 Å². The van der Waals surface area contributed by atoms with Crippen molar-refractivity contribution in [3.05, 3.63) is 82.0 Å². The molecule has 1 atom stereocenters. The van der Waals surface area contributed by atoms with Crippen LogP contribution in [0.25, 0.3) is 0 Å². The maximum absolute atomic E-state index is 13.6. The Morgan fingerprint density at radius 3 is 2.54 bits per heavy atom. The highest BCUT2D eigenvalue weighted by atomic mass is 32.2. The van der Waals surface area contributed by atoms with Crippen LogP contribution in [-0.4, -0.2) is 42.2 Å². The monoisotopic (exact) mass is 521 g/mol. The van der Waals surface area contributed by atoms with Gasteiger partial charge in [-0.25, -0.2) is 9.79 Å². The number of esters is 1. The van der Waals surface area contributed by atoms with E-state index in [1.54, 1.807) is 33.3 Å². The van der Waals surface area contributed by atoms with Gasteiger partial charge in [0.1, 0.15) is 18.1 Å². The number of hydrogen-bond donors (Lipinski definition) is 1. The molecule has 0 unspecified atom stereocenters. The molecule has 1 N–H and O–H groups in total. The van der Waals surface area contributed by atoms with E-state index < -0.39 is 12.0 Å². The van der Waals surface area contributed by atoms with Crippen molar-refractivity contribution < 1.29 is 23.8 Å². The molecule has 2 heterocycles. The van der Waals surface area contributed by atoms with E-state index in [2.05, 4.69) is 5.32 Å². The Morgan fingerprint density at radius 1 is 1.11 bits per heavy atom. The lowest BCUT2D eigenvalue weighted by atomic mass is 9.92. The van der Waals surface area contributed by atoms with E-state index in [9.17, 15) is 9.59 Å². The average Bonchev–Trinajstić information content (AvgIpc) is 3.27. The molecular formula is C28H31N3O5S. The van der Waals surface area contributed by atoms with E-state index in [4.69, 9.17) is 19.2 Å².